The number of carbonyl (C=O) groups is 2. The molecule has 1 aliphatic rings. The molecule has 0 spiro atoms. The SMILES string of the molecule is CCc1c(C(=O)N2CCC(C(=O)O)CC2)cnn1-c1ccccc1OC. The molecule has 1 fully saturated rings. The summed E-state index contributed by atoms with van der Waals surface area (Å²) in [7, 11) is 1.60. The molecule has 1 amide bonds. The number of nitrogens with zero attached hydrogens (tertiary/aromatic N) is 3. The Bertz CT molecular complexity index is 807. The lowest BCUT2D eigenvalue weighted by molar-refractivity contribution is -0.143. The summed E-state index contributed by atoms with van der Waals surface area (Å²) in [6, 6.07) is 7.54. The van der Waals surface area contributed by atoms with Crippen LogP contribution in [0.4, 0.5) is 0 Å². The van der Waals surface area contributed by atoms with Crippen LogP contribution in [-0.2, 0) is 11.2 Å². The first-order valence-electron chi connectivity index (χ1n) is 8.79. The van der Waals surface area contributed by atoms with Gasteiger partial charge in [0.25, 0.3) is 5.91 Å². The zero-order valence-corrected chi connectivity index (χ0v) is 15.0. The number of aromatic nitrogens is 2. The summed E-state index contributed by atoms with van der Waals surface area (Å²) in [6.07, 6.45) is 3.22. The number of carbonyl (C=O) groups excluding carboxylic acids is 1. The number of aliphatic carboxylic acids is 1. The predicted molar refractivity (Wildman–Crippen MR) is 95.8 cm³/mol. The van der Waals surface area contributed by atoms with E-state index < -0.39 is 5.97 Å². The number of amides is 1. The molecule has 7 nitrogen and oxygen atoms in total. The van der Waals surface area contributed by atoms with Crippen LogP contribution in [0.3, 0.4) is 0 Å². The van der Waals surface area contributed by atoms with Gasteiger partial charge in [0.05, 0.1) is 30.5 Å². The minimum atomic E-state index is -0.782. The average Bonchev–Trinajstić information content (AvgIpc) is 3.11. The first kappa shape index (κ1) is 18.0. The Morgan fingerprint density at radius 3 is 2.58 bits per heavy atom. The van der Waals surface area contributed by atoms with E-state index in [1.165, 1.54) is 0 Å². The summed E-state index contributed by atoms with van der Waals surface area (Å²) in [5.74, 6) is -0.547. The van der Waals surface area contributed by atoms with E-state index in [2.05, 4.69) is 5.10 Å². The van der Waals surface area contributed by atoms with Crippen LogP contribution >= 0.6 is 0 Å². The number of carboxylic acid groups (broad SMARTS) is 1. The minimum Gasteiger partial charge on any atom is -0.494 e. The number of methoxy groups -OCH3 is 1. The molecule has 1 aliphatic heterocycles. The Morgan fingerprint density at radius 2 is 1.96 bits per heavy atom. The smallest absolute Gasteiger partial charge is 0.306 e. The molecule has 2 heterocycles. The van der Waals surface area contributed by atoms with Crippen LogP contribution in [0.15, 0.2) is 30.5 Å². The van der Waals surface area contributed by atoms with Crippen LogP contribution in [0, 0.1) is 5.92 Å². The Kier molecular flexibility index (Phi) is 5.25. The molecular weight excluding hydrogens is 334 g/mol. The van der Waals surface area contributed by atoms with E-state index >= 15 is 0 Å². The number of para-hydroxylation sites is 2. The van der Waals surface area contributed by atoms with Crippen molar-refractivity contribution in [3.8, 4) is 11.4 Å². The van der Waals surface area contributed by atoms with Crippen molar-refractivity contribution < 1.29 is 19.4 Å². The van der Waals surface area contributed by atoms with Crippen LogP contribution in [0.2, 0.25) is 0 Å². The van der Waals surface area contributed by atoms with Gasteiger partial charge in [0, 0.05) is 13.1 Å². The highest BCUT2D eigenvalue weighted by molar-refractivity contribution is 5.95. The monoisotopic (exact) mass is 357 g/mol. The van der Waals surface area contributed by atoms with Crippen molar-refractivity contribution in [2.45, 2.75) is 26.2 Å². The van der Waals surface area contributed by atoms with Gasteiger partial charge in [-0.2, -0.15) is 5.10 Å². The lowest BCUT2D eigenvalue weighted by atomic mass is 9.96. The molecule has 0 radical (unpaired) electrons. The fourth-order valence-corrected chi connectivity index (χ4v) is 3.40. The summed E-state index contributed by atoms with van der Waals surface area (Å²) in [4.78, 5) is 25.8. The summed E-state index contributed by atoms with van der Waals surface area (Å²) in [5, 5.41) is 13.5. The van der Waals surface area contributed by atoms with Gasteiger partial charge in [-0.05, 0) is 31.4 Å². The van der Waals surface area contributed by atoms with E-state index in [0.717, 1.165) is 11.4 Å². The van der Waals surface area contributed by atoms with Gasteiger partial charge in [-0.3, -0.25) is 9.59 Å². The summed E-state index contributed by atoms with van der Waals surface area (Å²) in [6.45, 7) is 2.90. The molecule has 7 heteroatoms. The van der Waals surface area contributed by atoms with Crippen LogP contribution < -0.4 is 4.74 Å². The summed E-state index contributed by atoms with van der Waals surface area (Å²) < 4.78 is 7.15. The first-order valence-corrected chi connectivity index (χ1v) is 8.79. The molecule has 1 aromatic carbocycles. The molecule has 138 valence electrons. The van der Waals surface area contributed by atoms with E-state index in [1.54, 1.807) is 22.9 Å². The van der Waals surface area contributed by atoms with Gasteiger partial charge in [-0.15, -0.1) is 0 Å². The maximum atomic E-state index is 12.9. The standard InChI is InChI=1S/C19H23N3O4/c1-3-15-14(18(23)21-10-8-13(9-11-21)19(24)25)12-20-22(15)16-6-4-5-7-17(16)26-2/h4-7,12-13H,3,8-11H2,1-2H3,(H,24,25). The van der Waals surface area contributed by atoms with Crippen molar-refractivity contribution in [3.63, 3.8) is 0 Å². The molecule has 2 aromatic rings. The van der Waals surface area contributed by atoms with Crippen molar-refractivity contribution in [1.29, 1.82) is 0 Å². The largest absolute Gasteiger partial charge is 0.494 e. The number of benzene rings is 1. The highest BCUT2D eigenvalue weighted by Gasteiger charge is 2.29. The summed E-state index contributed by atoms with van der Waals surface area (Å²) in [5.41, 5.74) is 2.17. The molecule has 0 bridgehead atoms. The zero-order valence-electron chi connectivity index (χ0n) is 15.0. The van der Waals surface area contributed by atoms with Gasteiger partial charge in [-0.25, -0.2) is 4.68 Å². The van der Waals surface area contributed by atoms with Gasteiger partial charge in [0.1, 0.15) is 11.4 Å². The van der Waals surface area contributed by atoms with Crippen molar-refractivity contribution in [2.75, 3.05) is 20.2 Å². The molecule has 0 aliphatic carbocycles. The number of likely N-dealkylation sites (tertiary alicyclic amines) is 1. The zero-order chi connectivity index (χ0) is 18.7. The number of piperidine rings is 1. The average molecular weight is 357 g/mol. The number of hydrogen-bond acceptors (Lipinski definition) is 4. The first-order chi connectivity index (χ1) is 12.6. The molecule has 0 atom stereocenters. The lowest BCUT2D eigenvalue weighted by Crippen LogP contribution is -2.40. The Morgan fingerprint density at radius 1 is 1.27 bits per heavy atom. The van der Waals surface area contributed by atoms with E-state index in [9.17, 15) is 9.59 Å². The van der Waals surface area contributed by atoms with Crippen LogP contribution in [-0.4, -0.2) is 51.9 Å². The highest BCUT2D eigenvalue weighted by atomic mass is 16.5. The van der Waals surface area contributed by atoms with Gasteiger partial charge in [0.2, 0.25) is 0 Å². The van der Waals surface area contributed by atoms with Crippen LogP contribution in [0.25, 0.3) is 5.69 Å². The maximum Gasteiger partial charge on any atom is 0.306 e. The third-order valence-corrected chi connectivity index (χ3v) is 4.88. The second-order valence-electron chi connectivity index (χ2n) is 6.35. The topological polar surface area (TPSA) is 84.7 Å². The van der Waals surface area contributed by atoms with Crippen LogP contribution in [0.1, 0.15) is 35.8 Å². The Balaban J connectivity index is 1.87. The van der Waals surface area contributed by atoms with Crippen molar-refractivity contribution in [1.82, 2.24) is 14.7 Å². The van der Waals surface area contributed by atoms with Crippen LogP contribution in [0.5, 0.6) is 5.75 Å². The number of ether oxygens (including phenoxy) is 1. The molecule has 0 unspecified atom stereocenters. The lowest BCUT2D eigenvalue weighted by Gasteiger charge is -2.30. The fourth-order valence-electron chi connectivity index (χ4n) is 3.40. The van der Waals surface area contributed by atoms with Crippen molar-refractivity contribution >= 4 is 11.9 Å². The normalized spacial score (nSPS) is 15.1. The maximum absolute atomic E-state index is 12.9. The third-order valence-electron chi connectivity index (χ3n) is 4.88. The molecule has 0 saturated carbocycles. The quantitative estimate of drug-likeness (QED) is 0.888. The Labute approximate surface area is 152 Å². The molecule has 3 rings (SSSR count). The van der Waals surface area contributed by atoms with E-state index in [1.807, 2.05) is 31.2 Å². The molecule has 1 aromatic heterocycles. The van der Waals surface area contributed by atoms with E-state index in [0.29, 0.717) is 43.7 Å². The number of hydrogen-bond donors (Lipinski definition) is 1. The molecule has 1 N–H and O–H groups in total. The van der Waals surface area contributed by atoms with E-state index in [4.69, 9.17) is 9.84 Å². The highest BCUT2D eigenvalue weighted by Crippen LogP contribution is 2.26. The fraction of sp³-hybridized carbons (Fsp3) is 0.421. The van der Waals surface area contributed by atoms with Gasteiger partial charge >= 0.3 is 5.97 Å². The molecule has 26 heavy (non-hydrogen) atoms. The van der Waals surface area contributed by atoms with Gasteiger partial charge in [0.15, 0.2) is 0 Å². The minimum absolute atomic E-state index is 0.0909. The Hall–Kier alpha value is -2.83. The predicted octanol–water partition coefficient (Wildman–Crippen LogP) is 2.38. The second-order valence-corrected chi connectivity index (χ2v) is 6.35. The van der Waals surface area contributed by atoms with Gasteiger partial charge in [-0.1, -0.05) is 19.1 Å². The third kappa shape index (κ3) is 3.29. The number of rotatable bonds is 5. The van der Waals surface area contributed by atoms with Crippen molar-refractivity contribution in [2.24, 2.45) is 5.92 Å². The van der Waals surface area contributed by atoms with Crippen molar-refractivity contribution in [3.05, 3.63) is 41.7 Å². The summed E-state index contributed by atoms with van der Waals surface area (Å²) >= 11 is 0. The van der Waals surface area contributed by atoms with E-state index in [-0.39, 0.29) is 11.8 Å². The second kappa shape index (κ2) is 7.59. The molecule has 1 saturated heterocycles. The number of carboxylic acids is 1. The van der Waals surface area contributed by atoms with Gasteiger partial charge < -0.3 is 14.7 Å². The molecular formula is C19H23N3O4.